The number of nitrogens with zero attached hydrogens (tertiary/aromatic N) is 2. The lowest BCUT2D eigenvalue weighted by molar-refractivity contribution is -0.274. The van der Waals surface area contributed by atoms with E-state index in [1.54, 1.807) is 0 Å². The first-order valence-electron chi connectivity index (χ1n) is 11.1. The SMILES string of the molecule is COc1cc(F)c([C@@H]2CN(c3ccc(=O)n(C)c3)C(=O)[C@H]2NC(=O)c2ccc(OC(F)(F)F)cc2)c(F)c1. The van der Waals surface area contributed by atoms with Gasteiger partial charge >= 0.3 is 6.36 Å². The third-order valence-electron chi connectivity index (χ3n) is 5.99. The molecule has 38 heavy (non-hydrogen) atoms. The molecule has 1 fully saturated rings. The summed E-state index contributed by atoms with van der Waals surface area (Å²) in [6, 6.07) is 6.92. The van der Waals surface area contributed by atoms with Gasteiger partial charge in [0.1, 0.15) is 29.2 Å². The summed E-state index contributed by atoms with van der Waals surface area (Å²) in [5.74, 6) is -5.46. The second-order valence-electron chi connectivity index (χ2n) is 8.42. The third kappa shape index (κ3) is 5.45. The van der Waals surface area contributed by atoms with Gasteiger partial charge in [-0.25, -0.2) is 8.78 Å². The van der Waals surface area contributed by atoms with Crippen LogP contribution < -0.4 is 25.2 Å². The van der Waals surface area contributed by atoms with Crippen molar-refractivity contribution in [1.29, 1.82) is 0 Å². The number of amides is 2. The minimum atomic E-state index is -4.93. The summed E-state index contributed by atoms with van der Waals surface area (Å²) in [6.07, 6.45) is -3.56. The number of rotatable bonds is 6. The molecular formula is C25H20F5N3O5. The van der Waals surface area contributed by atoms with Gasteiger partial charge in [0.2, 0.25) is 11.5 Å². The molecule has 0 aliphatic carbocycles. The third-order valence-corrected chi connectivity index (χ3v) is 5.99. The van der Waals surface area contributed by atoms with Gasteiger partial charge in [0, 0.05) is 55.0 Å². The second kappa shape index (κ2) is 10.1. The van der Waals surface area contributed by atoms with Gasteiger partial charge in [-0.15, -0.1) is 13.2 Å². The van der Waals surface area contributed by atoms with Gasteiger partial charge in [0.15, 0.2) is 0 Å². The lowest BCUT2D eigenvalue weighted by Crippen LogP contribution is -2.44. The first-order valence-corrected chi connectivity index (χ1v) is 11.1. The molecule has 2 atom stereocenters. The van der Waals surface area contributed by atoms with Crippen molar-refractivity contribution in [2.45, 2.75) is 18.3 Å². The quantitative estimate of drug-likeness (QED) is 0.487. The molecule has 1 N–H and O–H groups in total. The Labute approximate surface area is 212 Å². The van der Waals surface area contributed by atoms with Crippen LogP contribution in [0.3, 0.4) is 0 Å². The number of anilines is 1. The average molecular weight is 537 g/mol. The Balaban J connectivity index is 1.68. The fourth-order valence-electron chi connectivity index (χ4n) is 4.19. The minimum absolute atomic E-state index is 0.0928. The highest BCUT2D eigenvalue weighted by molar-refractivity contribution is 6.05. The Hall–Kier alpha value is -4.42. The average Bonchev–Trinajstić information content (AvgIpc) is 3.15. The van der Waals surface area contributed by atoms with Crippen LogP contribution in [0, 0.1) is 11.6 Å². The summed E-state index contributed by atoms with van der Waals surface area (Å²) < 4.78 is 77.2. The molecule has 0 radical (unpaired) electrons. The zero-order valence-corrected chi connectivity index (χ0v) is 19.9. The van der Waals surface area contributed by atoms with E-state index in [-0.39, 0.29) is 29.1 Å². The maximum Gasteiger partial charge on any atom is 0.573 e. The first-order chi connectivity index (χ1) is 17.9. The topological polar surface area (TPSA) is 89.9 Å². The van der Waals surface area contributed by atoms with Crippen LogP contribution in [0.1, 0.15) is 21.8 Å². The van der Waals surface area contributed by atoms with Crippen molar-refractivity contribution in [3.8, 4) is 11.5 Å². The largest absolute Gasteiger partial charge is 0.573 e. The molecule has 2 aromatic carbocycles. The Morgan fingerprint density at radius 3 is 2.18 bits per heavy atom. The van der Waals surface area contributed by atoms with Gasteiger partial charge in [-0.1, -0.05) is 0 Å². The van der Waals surface area contributed by atoms with Crippen molar-refractivity contribution in [2.75, 3.05) is 18.6 Å². The highest BCUT2D eigenvalue weighted by atomic mass is 19.4. The molecular weight excluding hydrogens is 517 g/mol. The van der Waals surface area contributed by atoms with Crippen LogP contribution in [0.25, 0.3) is 0 Å². The van der Waals surface area contributed by atoms with Crippen molar-refractivity contribution in [1.82, 2.24) is 9.88 Å². The number of aryl methyl sites for hydroxylation is 1. The molecule has 2 heterocycles. The Bertz CT molecular complexity index is 1420. The molecule has 8 nitrogen and oxygen atoms in total. The normalized spacial score (nSPS) is 17.4. The van der Waals surface area contributed by atoms with Gasteiger partial charge in [-0.3, -0.25) is 14.4 Å². The van der Waals surface area contributed by atoms with Crippen LogP contribution in [0.15, 0.2) is 59.5 Å². The molecule has 0 bridgehead atoms. The molecule has 2 amide bonds. The summed E-state index contributed by atoms with van der Waals surface area (Å²) in [4.78, 5) is 39.3. The molecule has 3 aromatic rings. The molecule has 1 aromatic heterocycles. The molecule has 0 spiro atoms. The monoisotopic (exact) mass is 537 g/mol. The maximum atomic E-state index is 15.0. The van der Waals surface area contributed by atoms with Crippen molar-refractivity contribution >= 4 is 17.5 Å². The lowest BCUT2D eigenvalue weighted by Gasteiger charge is -2.20. The summed E-state index contributed by atoms with van der Waals surface area (Å²) in [6.45, 7) is -0.249. The number of hydrogen-bond acceptors (Lipinski definition) is 5. The van der Waals surface area contributed by atoms with Crippen LogP contribution in [-0.2, 0) is 11.8 Å². The standard InChI is InChI=1S/C25H20F5N3O5/c1-32-11-14(5-8-20(32)34)33-12-17(21-18(26)9-16(37-2)10-19(21)27)22(24(33)36)31-23(35)13-3-6-15(7-4-13)38-25(28,29)30/h3-11,17,22H,12H2,1-2H3,(H,31,35)/t17-,22-/m0/s1. The van der Waals surface area contributed by atoms with Crippen LogP contribution in [0.5, 0.6) is 11.5 Å². The van der Waals surface area contributed by atoms with Crippen LogP contribution in [0.2, 0.25) is 0 Å². The number of alkyl halides is 3. The zero-order chi connectivity index (χ0) is 27.8. The first kappa shape index (κ1) is 26.6. The van der Waals surface area contributed by atoms with E-state index in [0.29, 0.717) is 0 Å². The Kier molecular flexibility index (Phi) is 7.11. The second-order valence-corrected chi connectivity index (χ2v) is 8.42. The number of carbonyl (C=O) groups excluding carboxylic acids is 2. The minimum Gasteiger partial charge on any atom is -0.497 e. The van der Waals surface area contributed by atoms with Crippen LogP contribution >= 0.6 is 0 Å². The number of halogens is 5. The van der Waals surface area contributed by atoms with E-state index in [2.05, 4.69) is 10.1 Å². The van der Waals surface area contributed by atoms with E-state index in [0.717, 1.165) is 36.4 Å². The number of benzene rings is 2. The van der Waals surface area contributed by atoms with E-state index in [1.165, 1.54) is 42.0 Å². The fourth-order valence-corrected chi connectivity index (χ4v) is 4.19. The highest BCUT2D eigenvalue weighted by Gasteiger charge is 2.45. The molecule has 4 rings (SSSR count). The van der Waals surface area contributed by atoms with Crippen molar-refractivity contribution in [2.24, 2.45) is 7.05 Å². The van der Waals surface area contributed by atoms with E-state index in [9.17, 15) is 27.6 Å². The predicted octanol–water partition coefficient (Wildman–Crippen LogP) is 3.50. The van der Waals surface area contributed by atoms with E-state index in [1.807, 2.05) is 0 Å². The molecule has 0 saturated carbocycles. The van der Waals surface area contributed by atoms with E-state index in [4.69, 9.17) is 4.74 Å². The summed E-state index contributed by atoms with van der Waals surface area (Å²) in [7, 11) is 2.68. The zero-order valence-electron chi connectivity index (χ0n) is 19.9. The summed E-state index contributed by atoms with van der Waals surface area (Å²) in [5, 5.41) is 2.44. The number of pyridine rings is 1. The van der Waals surface area contributed by atoms with Crippen molar-refractivity contribution in [3.63, 3.8) is 0 Å². The Morgan fingerprint density at radius 2 is 1.63 bits per heavy atom. The molecule has 13 heteroatoms. The maximum absolute atomic E-state index is 15.0. The number of hydrogen-bond donors (Lipinski definition) is 1. The molecule has 1 aliphatic heterocycles. The number of nitrogens with one attached hydrogen (secondary N) is 1. The Morgan fingerprint density at radius 1 is 1.00 bits per heavy atom. The predicted molar refractivity (Wildman–Crippen MR) is 124 cm³/mol. The molecule has 0 unspecified atom stereocenters. The number of carbonyl (C=O) groups is 2. The van der Waals surface area contributed by atoms with Gasteiger partial charge in [0.05, 0.1) is 12.8 Å². The fraction of sp³-hybridized carbons (Fsp3) is 0.240. The molecule has 1 saturated heterocycles. The number of ether oxygens (including phenoxy) is 2. The van der Waals surface area contributed by atoms with Crippen molar-refractivity contribution < 1.29 is 41.0 Å². The lowest BCUT2D eigenvalue weighted by atomic mass is 9.92. The molecule has 1 aliphatic rings. The van der Waals surface area contributed by atoms with E-state index >= 15 is 8.78 Å². The van der Waals surface area contributed by atoms with E-state index < -0.39 is 53.1 Å². The van der Waals surface area contributed by atoms with Crippen LogP contribution in [0.4, 0.5) is 27.6 Å². The van der Waals surface area contributed by atoms with Crippen molar-refractivity contribution in [3.05, 3.63) is 87.8 Å². The van der Waals surface area contributed by atoms with Gasteiger partial charge in [0.25, 0.3) is 5.91 Å². The number of methoxy groups -OCH3 is 1. The number of aromatic nitrogens is 1. The van der Waals surface area contributed by atoms with Gasteiger partial charge in [-0.05, 0) is 30.3 Å². The van der Waals surface area contributed by atoms with Gasteiger partial charge in [-0.2, -0.15) is 0 Å². The smallest absolute Gasteiger partial charge is 0.497 e. The van der Waals surface area contributed by atoms with Crippen LogP contribution in [-0.4, -0.2) is 42.4 Å². The summed E-state index contributed by atoms with van der Waals surface area (Å²) >= 11 is 0. The molecule has 200 valence electrons. The highest BCUT2D eigenvalue weighted by Crippen LogP contribution is 2.36. The summed E-state index contributed by atoms with van der Waals surface area (Å²) in [5.41, 5.74) is -0.693. The van der Waals surface area contributed by atoms with Gasteiger partial charge < -0.3 is 24.3 Å².